The van der Waals surface area contributed by atoms with E-state index in [0.29, 0.717) is 22.7 Å². The first-order chi connectivity index (χ1) is 12.5. The summed E-state index contributed by atoms with van der Waals surface area (Å²) in [4.78, 5) is 35.3. The van der Waals surface area contributed by atoms with Crippen molar-refractivity contribution in [3.05, 3.63) is 53.1 Å². The van der Waals surface area contributed by atoms with E-state index in [4.69, 9.17) is 16.3 Å². The van der Waals surface area contributed by atoms with Gasteiger partial charge in [-0.2, -0.15) is 0 Å². The molecule has 2 aromatic rings. The Kier molecular flexibility index (Phi) is 5.38. The Hall–Kier alpha value is -3.06. The van der Waals surface area contributed by atoms with Crippen molar-refractivity contribution in [1.82, 2.24) is 5.32 Å². The Balaban J connectivity index is 1.54. The molecule has 1 aliphatic rings. The Labute approximate surface area is 154 Å². The Bertz CT molecular complexity index is 855. The molecule has 0 spiro atoms. The molecular weight excluding hydrogens is 358 g/mol. The highest BCUT2D eigenvalue weighted by atomic mass is 35.5. The Morgan fingerprint density at radius 1 is 1.19 bits per heavy atom. The molecule has 1 heterocycles. The van der Waals surface area contributed by atoms with Crippen LogP contribution in [0.2, 0.25) is 5.02 Å². The zero-order valence-corrected chi connectivity index (χ0v) is 14.4. The molecule has 0 saturated heterocycles. The second-order valence-corrected chi connectivity index (χ2v) is 5.99. The number of amides is 3. The molecular formula is C18H16ClN3O4. The predicted molar refractivity (Wildman–Crippen MR) is 97.6 cm³/mol. The van der Waals surface area contributed by atoms with Crippen molar-refractivity contribution in [3.63, 3.8) is 0 Å². The maximum atomic E-state index is 12.1. The normalized spacial score (nSPS) is 12.4. The molecule has 7 nitrogen and oxygen atoms in total. The first-order valence-corrected chi connectivity index (χ1v) is 8.30. The van der Waals surface area contributed by atoms with E-state index in [-0.39, 0.29) is 42.3 Å². The van der Waals surface area contributed by atoms with E-state index in [0.717, 1.165) is 0 Å². The highest BCUT2D eigenvalue weighted by Gasteiger charge is 2.19. The Morgan fingerprint density at radius 3 is 2.73 bits per heavy atom. The van der Waals surface area contributed by atoms with Gasteiger partial charge in [0.15, 0.2) is 6.61 Å². The van der Waals surface area contributed by atoms with Crippen LogP contribution in [0.5, 0.6) is 5.75 Å². The first-order valence-electron chi connectivity index (χ1n) is 7.92. The zero-order chi connectivity index (χ0) is 18.5. The largest absolute Gasteiger partial charge is 0.482 e. The molecule has 3 N–H and O–H groups in total. The van der Waals surface area contributed by atoms with Gasteiger partial charge in [0.05, 0.1) is 16.4 Å². The molecule has 0 saturated carbocycles. The SMILES string of the molecule is O=C(CCNC(=O)c1ccccc1)Nc1cc2c(cc1Cl)NC(=O)CO2. The lowest BCUT2D eigenvalue weighted by Gasteiger charge is -2.19. The van der Waals surface area contributed by atoms with Crippen LogP contribution in [0.15, 0.2) is 42.5 Å². The van der Waals surface area contributed by atoms with Gasteiger partial charge in [0.1, 0.15) is 5.75 Å². The lowest BCUT2D eigenvalue weighted by Crippen LogP contribution is -2.28. The molecule has 0 radical (unpaired) electrons. The van der Waals surface area contributed by atoms with Crippen LogP contribution in [-0.4, -0.2) is 30.9 Å². The molecule has 2 aromatic carbocycles. The number of benzene rings is 2. The number of rotatable bonds is 5. The van der Waals surface area contributed by atoms with Gasteiger partial charge in [-0.1, -0.05) is 29.8 Å². The average Bonchev–Trinajstić information content (AvgIpc) is 2.63. The molecule has 0 aliphatic carbocycles. The van der Waals surface area contributed by atoms with E-state index in [2.05, 4.69) is 16.0 Å². The number of carbonyl (C=O) groups is 3. The lowest BCUT2D eigenvalue weighted by atomic mass is 10.2. The summed E-state index contributed by atoms with van der Waals surface area (Å²) in [5, 5.41) is 8.26. The molecule has 134 valence electrons. The van der Waals surface area contributed by atoms with Gasteiger partial charge in [0, 0.05) is 24.6 Å². The molecule has 3 amide bonds. The van der Waals surface area contributed by atoms with Crippen LogP contribution in [-0.2, 0) is 9.59 Å². The number of fused-ring (bicyclic) bond motifs is 1. The van der Waals surface area contributed by atoms with Crippen molar-refractivity contribution >= 4 is 40.7 Å². The number of halogens is 1. The van der Waals surface area contributed by atoms with Crippen LogP contribution in [0, 0.1) is 0 Å². The molecule has 0 bridgehead atoms. The fourth-order valence-corrected chi connectivity index (χ4v) is 2.60. The van der Waals surface area contributed by atoms with Crippen molar-refractivity contribution in [2.75, 3.05) is 23.8 Å². The van der Waals surface area contributed by atoms with Crippen LogP contribution < -0.4 is 20.7 Å². The summed E-state index contributed by atoms with van der Waals surface area (Å²) >= 11 is 6.13. The van der Waals surface area contributed by atoms with E-state index in [1.165, 1.54) is 6.07 Å². The van der Waals surface area contributed by atoms with Gasteiger partial charge < -0.3 is 20.7 Å². The number of ether oxygens (including phenoxy) is 1. The molecule has 8 heteroatoms. The van der Waals surface area contributed by atoms with Gasteiger partial charge in [-0.25, -0.2) is 0 Å². The topological polar surface area (TPSA) is 96.5 Å². The van der Waals surface area contributed by atoms with Crippen molar-refractivity contribution in [1.29, 1.82) is 0 Å². The minimum atomic E-state index is -0.306. The second kappa shape index (κ2) is 7.88. The molecule has 26 heavy (non-hydrogen) atoms. The smallest absolute Gasteiger partial charge is 0.262 e. The number of hydrogen-bond acceptors (Lipinski definition) is 4. The highest BCUT2D eigenvalue weighted by Crippen LogP contribution is 2.36. The summed E-state index contributed by atoms with van der Waals surface area (Å²) in [6.45, 7) is 0.0994. The van der Waals surface area contributed by atoms with E-state index in [1.54, 1.807) is 30.3 Å². The Morgan fingerprint density at radius 2 is 1.96 bits per heavy atom. The van der Waals surface area contributed by atoms with Gasteiger partial charge in [-0.3, -0.25) is 14.4 Å². The fourth-order valence-electron chi connectivity index (χ4n) is 2.39. The molecule has 0 unspecified atom stereocenters. The minimum Gasteiger partial charge on any atom is -0.482 e. The number of anilines is 2. The van der Waals surface area contributed by atoms with Gasteiger partial charge in [0.2, 0.25) is 5.91 Å². The summed E-state index contributed by atoms with van der Waals surface area (Å²) in [5.41, 5.74) is 1.37. The maximum absolute atomic E-state index is 12.1. The number of nitrogens with one attached hydrogen (secondary N) is 3. The van der Waals surface area contributed by atoms with Crippen molar-refractivity contribution in [3.8, 4) is 5.75 Å². The summed E-state index contributed by atoms with van der Waals surface area (Å²) in [5.74, 6) is -0.379. The van der Waals surface area contributed by atoms with E-state index in [9.17, 15) is 14.4 Å². The minimum absolute atomic E-state index is 0.0869. The predicted octanol–water partition coefficient (Wildman–Crippen LogP) is 2.43. The van der Waals surface area contributed by atoms with Gasteiger partial charge in [-0.15, -0.1) is 0 Å². The number of hydrogen-bond donors (Lipinski definition) is 3. The monoisotopic (exact) mass is 373 g/mol. The summed E-state index contributed by atoms with van der Waals surface area (Å²) in [6, 6.07) is 11.8. The van der Waals surface area contributed by atoms with Crippen LogP contribution in [0.4, 0.5) is 11.4 Å². The quantitative estimate of drug-likeness (QED) is 0.749. The van der Waals surface area contributed by atoms with E-state index >= 15 is 0 Å². The third-order valence-electron chi connectivity index (χ3n) is 3.65. The van der Waals surface area contributed by atoms with Gasteiger partial charge >= 0.3 is 0 Å². The molecule has 1 aliphatic heterocycles. The molecule has 0 atom stereocenters. The van der Waals surface area contributed by atoms with Crippen LogP contribution >= 0.6 is 11.6 Å². The average molecular weight is 374 g/mol. The second-order valence-electron chi connectivity index (χ2n) is 5.59. The molecule has 0 aromatic heterocycles. The van der Waals surface area contributed by atoms with Crippen molar-refractivity contribution in [2.24, 2.45) is 0 Å². The first kappa shape index (κ1) is 17.8. The standard InChI is InChI=1S/C18H16ClN3O4/c19-12-8-14-15(26-10-17(24)22-14)9-13(12)21-16(23)6-7-20-18(25)11-4-2-1-3-5-11/h1-5,8-9H,6-7,10H2,(H,20,25)(H,21,23)(H,22,24). The molecule has 0 fully saturated rings. The third kappa shape index (κ3) is 4.31. The van der Waals surface area contributed by atoms with E-state index < -0.39 is 0 Å². The van der Waals surface area contributed by atoms with Crippen LogP contribution in [0.25, 0.3) is 0 Å². The van der Waals surface area contributed by atoms with Gasteiger partial charge in [-0.05, 0) is 18.2 Å². The summed E-state index contributed by atoms with van der Waals surface area (Å²) in [7, 11) is 0. The molecule has 3 rings (SSSR count). The number of carbonyl (C=O) groups excluding carboxylic acids is 3. The van der Waals surface area contributed by atoms with Crippen LogP contribution in [0.3, 0.4) is 0 Å². The van der Waals surface area contributed by atoms with Crippen molar-refractivity contribution < 1.29 is 19.1 Å². The zero-order valence-electron chi connectivity index (χ0n) is 13.7. The summed E-state index contributed by atoms with van der Waals surface area (Å²) in [6.07, 6.45) is 0.0869. The highest BCUT2D eigenvalue weighted by molar-refractivity contribution is 6.34. The van der Waals surface area contributed by atoms with E-state index in [1.807, 2.05) is 6.07 Å². The third-order valence-corrected chi connectivity index (χ3v) is 3.96. The van der Waals surface area contributed by atoms with Crippen LogP contribution in [0.1, 0.15) is 16.8 Å². The lowest BCUT2D eigenvalue weighted by molar-refractivity contribution is -0.118. The maximum Gasteiger partial charge on any atom is 0.262 e. The van der Waals surface area contributed by atoms with Crippen molar-refractivity contribution in [2.45, 2.75) is 6.42 Å². The summed E-state index contributed by atoms with van der Waals surface area (Å²) < 4.78 is 5.30. The fraction of sp³-hybridized carbons (Fsp3) is 0.167. The van der Waals surface area contributed by atoms with Gasteiger partial charge in [0.25, 0.3) is 11.8 Å².